The standard InChI is InChI=1S/C14H25N5/c1-4-6-16-13-9-15-10-14(17-13)19-8-7-18(5-2)12(3)11-19/h9-10,12H,4-8,11H2,1-3H3,(H,16,17). The normalized spacial score (nSPS) is 20.6. The lowest BCUT2D eigenvalue weighted by atomic mass is 10.2. The molecule has 106 valence electrons. The van der Waals surface area contributed by atoms with E-state index in [4.69, 9.17) is 0 Å². The number of likely N-dealkylation sites (N-methyl/N-ethyl adjacent to an activating group) is 1. The minimum atomic E-state index is 0.577. The first-order chi connectivity index (χ1) is 9.24. The van der Waals surface area contributed by atoms with Crippen molar-refractivity contribution >= 4 is 11.6 Å². The van der Waals surface area contributed by atoms with Gasteiger partial charge in [-0.25, -0.2) is 4.98 Å². The number of aromatic nitrogens is 2. The molecule has 5 nitrogen and oxygen atoms in total. The molecule has 5 heteroatoms. The van der Waals surface area contributed by atoms with E-state index in [1.807, 2.05) is 6.20 Å². The summed E-state index contributed by atoms with van der Waals surface area (Å²) in [7, 11) is 0. The third kappa shape index (κ3) is 3.56. The highest BCUT2D eigenvalue weighted by molar-refractivity contribution is 5.44. The smallest absolute Gasteiger partial charge is 0.149 e. The lowest BCUT2D eigenvalue weighted by molar-refractivity contribution is 0.199. The number of piperazine rings is 1. The molecule has 0 aromatic carbocycles. The van der Waals surface area contributed by atoms with Crippen LogP contribution in [0.15, 0.2) is 12.4 Å². The Labute approximate surface area is 116 Å². The van der Waals surface area contributed by atoms with E-state index in [1.54, 1.807) is 6.20 Å². The van der Waals surface area contributed by atoms with Crippen LogP contribution in [0.3, 0.4) is 0 Å². The lowest BCUT2D eigenvalue weighted by Gasteiger charge is -2.39. The number of nitrogens with one attached hydrogen (secondary N) is 1. The minimum Gasteiger partial charge on any atom is -0.369 e. The molecular formula is C14H25N5. The van der Waals surface area contributed by atoms with Gasteiger partial charge in [0.2, 0.25) is 0 Å². The van der Waals surface area contributed by atoms with Crippen molar-refractivity contribution in [2.45, 2.75) is 33.2 Å². The second kappa shape index (κ2) is 6.70. The van der Waals surface area contributed by atoms with Crippen molar-refractivity contribution in [3.05, 3.63) is 12.4 Å². The van der Waals surface area contributed by atoms with E-state index in [2.05, 4.69) is 45.9 Å². The van der Waals surface area contributed by atoms with Crippen LogP contribution in [0.2, 0.25) is 0 Å². The summed E-state index contributed by atoms with van der Waals surface area (Å²) in [5.74, 6) is 1.87. The maximum atomic E-state index is 4.65. The van der Waals surface area contributed by atoms with Crippen LogP contribution in [-0.2, 0) is 0 Å². The molecule has 0 saturated carbocycles. The number of anilines is 2. The molecule has 1 aliphatic heterocycles. The Kier molecular flexibility index (Phi) is 4.96. The van der Waals surface area contributed by atoms with Crippen molar-refractivity contribution < 1.29 is 0 Å². The van der Waals surface area contributed by atoms with Crippen molar-refractivity contribution in [1.82, 2.24) is 14.9 Å². The molecular weight excluding hydrogens is 238 g/mol. The summed E-state index contributed by atoms with van der Waals surface area (Å²) < 4.78 is 0. The Morgan fingerprint density at radius 3 is 2.84 bits per heavy atom. The fourth-order valence-corrected chi connectivity index (χ4v) is 2.52. The van der Waals surface area contributed by atoms with Crippen LogP contribution >= 0.6 is 0 Å². The summed E-state index contributed by atoms with van der Waals surface area (Å²) in [5.41, 5.74) is 0. The quantitative estimate of drug-likeness (QED) is 0.878. The zero-order valence-corrected chi connectivity index (χ0v) is 12.3. The van der Waals surface area contributed by atoms with Gasteiger partial charge in [0.05, 0.1) is 12.4 Å². The number of hydrogen-bond acceptors (Lipinski definition) is 5. The number of hydrogen-bond donors (Lipinski definition) is 1. The van der Waals surface area contributed by atoms with E-state index in [-0.39, 0.29) is 0 Å². The Morgan fingerprint density at radius 2 is 2.16 bits per heavy atom. The molecule has 0 spiro atoms. The molecule has 0 aliphatic carbocycles. The monoisotopic (exact) mass is 263 g/mol. The second-order valence-electron chi connectivity index (χ2n) is 5.11. The minimum absolute atomic E-state index is 0.577. The first kappa shape index (κ1) is 14.1. The Morgan fingerprint density at radius 1 is 1.32 bits per heavy atom. The van der Waals surface area contributed by atoms with Gasteiger partial charge < -0.3 is 10.2 Å². The predicted octanol–water partition coefficient (Wildman–Crippen LogP) is 1.83. The van der Waals surface area contributed by atoms with Gasteiger partial charge in [-0.3, -0.25) is 9.88 Å². The zero-order valence-electron chi connectivity index (χ0n) is 12.3. The maximum absolute atomic E-state index is 4.65. The van der Waals surface area contributed by atoms with Gasteiger partial charge in [0, 0.05) is 32.2 Å². The fraction of sp³-hybridized carbons (Fsp3) is 0.714. The van der Waals surface area contributed by atoms with Gasteiger partial charge in [-0.15, -0.1) is 0 Å². The van der Waals surface area contributed by atoms with Gasteiger partial charge in [0.15, 0.2) is 0 Å². The topological polar surface area (TPSA) is 44.3 Å². The van der Waals surface area contributed by atoms with E-state index in [9.17, 15) is 0 Å². The molecule has 0 radical (unpaired) electrons. The molecule has 2 heterocycles. The van der Waals surface area contributed by atoms with Crippen molar-refractivity contribution in [3.8, 4) is 0 Å². The maximum Gasteiger partial charge on any atom is 0.149 e. The van der Waals surface area contributed by atoms with Crippen LogP contribution in [0.4, 0.5) is 11.6 Å². The van der Waals surface area contributed by atoms with Gasteiger partial charge in [0.25, 0.3) is 0 Å². The summed E-state index contributed by atoms with van der Waals surface area (Å²) in [5, 5.41) is 3.29. The van der Waals surface area contributed by atoms with Crippen molar-refractivity contribution in [2.75, 3.05) is 42.9 Å². The highest BCUT2D eigenvalue weighted by Crippen LogP contribution is 2.17. The Bertz CT molecular complexity index is 395. The molecule has 1 saturated heterocycles. The highest BCUT2D eigenvalue weighted by Gasteiger charge is 2.23. The van der Waals surface area contributed by atoms with Crippen molar-refractivity contribution in [2.24, 2.45) is 0 Å². The molecule has 2 rings (SSSR count). The van der Waals surface area contributed by atoms with Crippen LogP contribution < -0.4 is 10.2 Å². The molecule has 1 unspecified atom stereocenters. The molecule has 1 aromatic heterocycles. The Balaban J connectivity index is 2.02. The second-order valence-corrected chi connectivity index (χ2v) is 5.11. The highest BCUT2D eigenvalue weighted by atomic mass is 15.3. The summed E-state index contributed by atoms with van der Waals surface area (Å²) in [4.78, 5) is 13.8. The molecule has 1 aromatic rings. The summed E-state index contributed by atoms with van der Waals surface area (Å²) in [6.45, 7) is 11.9. The van der Waals surface area contributed by atoms with Gasteiger partial charge in [0.1, 0.15) is 11.6 Å². The van der Waals surface area contributed by atoms with Crippen LogP contribution in [-0.4, -0.2) is 53.6 Å². The van der Waals surface area contributed by atoms with Crippen LogP contribution in [0.1, 0.15) is 27.2 Å². The first-order valence-corrected chi connectivity index (χ1v) is 7.29. The van der Waals surface area contributed by atoms with Gasteiger partial charge in [-0.2, -0.15) is 0 Å². The van der Waals surface area contributed by atoms with E-state index < -0.39 is 0 Å². The SMILES string of the molecule is CCCNc1cncc(N2CCN(CC)C(C)C2)n1. The first-order valence-electron chi connectivity index (χ1n) is 7.29. The molecule has 0 amide bonds. The van der Waals surface area contributed by atoms with Gasteiger partial charge in [-0.05, 0) is 19.9 Å². The third-order valence-electron chi connectivity index (χ3n) is 3.67. The number of nitrogens with zero attached hydrogens (tertiary/aromatic N) is 4. The molecule has 1 atom stereocenters. The predicted molar refractivity (Wildman–Crippen MR) is 79.7 cm³/mol. The molecule has 19 heavy (non-hydrogen) atoms. The van der Waals surface area contributed by atoms with Crippen LogP contribution in [0.25, 0.3) is 0 Å². The van der Waals surface area contributed by atoms with Gasteiger partial charge >= 0.3 is 0 Å². The molecule has 1 fully saturated rings. The van der Waals surface area contributed by atoms with Crippen molar-refractivity contribution in [1.29, 1.82) is 0 Å². The van der Waals surface area contributed by atoms with E-state index in [0.29, 0.717) is 6.04 Å². The zero-order chi connectivity index (χ0) is 13.7. The van der Waals surface area contributed by atoms with Crippen LogP contribution in [0, 0.1) is 0 Å². The largest absolute Gasteiger partial charge is 0.369 e. The molecule has 1 N–H and O–H groups in total. The van der Waals surface area contributed by atoms with E-state index >= 15 is 0 Å². The molecule has 0 bridgehead atoms. The van der Waals surface area contributed by atoms with E-state index in [1.165, 1.54) is 0 Å². The lowest BCUT2D eigenvalue weighted by Crippen LogP contribution is -2.52. The summed E-state index contributed by atoms with van der Waals surface area (Å²) in [6, 6.07) is 0.577. The average Bonchev–Trinajstić information content (AvgIpc) is 2.45. The fourth-order valence-electron chi connectivity index (χ4n) is 2.52. The number of rotatable bonds is 5. The Hall–Kier alpha value is -1.36. The van der Waals surface area contributed by atoms with Gasteiger partial charge in [-0.1, -0.05) is 13.8 Å². The summed E-state index contributed by atoms with van der Waals surface area (Å²) >= 11 is 0. The molecule has 1 aliphatic rings. The van der Waals surface area contributed by atoms with Crippen molar-refractivity contribution in [3.63, 3.8) is 0 Å². The van der Waals surface area contributed by atoms with E-state index in [0.717, 1.165) is 50.8 Å². The summed E-state index contributed by atoms with van der Waals surface area (Å²) in [6.07, 6.45) is 4.76. The van der Waals surface area contributed by atoms with Crippen LogP contribution in [0.5, 0.6) is 0 Å². The third-order valence-corrected chi connectivity index (χ3v) is 3.67. The average molecular weight is 263 g/mol.